The molecule has 0 fully saturated rings. The molecule has 17 nitrogen and oxygen atoms in total. The number of aldehydes is 1. The van der Waals surface area contributed by atoms with E-state index in [4.69, 9.17) is 6.42 Å². The predicted molar refractivity (Wildman–Crippen MR) is 352 cm³/mol. The quantitative estimate of drug-likeness (QED) is 0.0395. The van der Waals surface area contributed by atoms with E-state index in [0.717, 1.165) is 60.7 Å². The van der Waals surface area contributed by atoms with Crippen LogP contribution in [0.4, 0.5) is 17.1 Å². The molecule has 18 heteroatoms. The number of nitrogens with zero attached hydrogens (tertiary/aromatic N) is 2. The fourth-order valence-electron chi connectivity index (χ4n) is 10.1. The molecule has 8 aromatic carbocycles. The van der Waals surface area contributed by atoms with Gasteiger partial charge in [0.15, 0.2) is 6.29 Å². The Balaban J connectivity index is 0.000000140. The van der Waals surface area contributed by atoms with E-state index in [1.54, 1.807) is 91.0 Å². The number of terminal acetylenes is 1. The van der Waals surface area contributed by atoms with Crippen LogP contribution in [-0.4, -0.2) is 42.5 Å². The van der Waals surface area contributed by atoms with Gasteiger partial charge in [0.1, 0.15) is 11.4 Å². The normalized spacial score (nSPS) is 10.7. The number of H-pyrrole nitrogens is 4. The van der Waals surface area contributed by atoms with Gasteiger partial charge in [0.05, 0.1) is 48.5 Å². The van der Waals surface area contributed by atoms with E-state index in [2.05, 4.69) is 47.1 Å². The Morgan fingerprint density at radius 1 is 0.420 bits per heavy atom. The minimum absolute atomic E-state index is 0.0862. The number of amides is 1. The van der Waals surface area contributed by atoms with Gasteiger partial charge in [-0.3, -0.25) is 49.0 Å². The number of carbonyl (C=O) groups is 2. The standard InChI is InChI=1S/C18H12N2O3.C18H16N2O2.C18H15NO2.C16H11BrN2O3/c1-3-12-5-7-13(8-6-12)16-17(20(22)23)14-9-4-11(2)10-15(14)18(21)19-16;1-11-3-6-13(7-4-11)16-17(19-10-21)14-8-5-12(2)9-15(14)18(22)20-16;1-11-3-6-13(7-4-11)17-16(10-20)14-8-5-12(2)9-15(14)18(21)19-17;1-9-2-7-12-13(8-9)16(20)18-14(15(12)19(21)22)10-3-5-11(17)6-4-10/h1,4-10H,2H3,(H,19,21);3-10H,1-2H3,(H,19,21)(H,20,22);3-10H,1-2H3,(H,19,21);2-8H,1H3,(H,18,20). The summed E-state index contributed by atoms with van der Waals surface area (Å²) < 4.78 is 0.859. The number of aromatic amines is 4. The molecular weight excluding hydrogens is 1180 g/mol. The number of hydrogen-bond acceptors (Lipinski definition) is 10. The van der Waals surface area contributed by atoms with E-state index in [1.165, 1.54) is 0 Å². The number of nitro groups is 2. The average Bonchev–Trinajstić information content (AvgIpc) is 2.31. The molecule has 0 bridgehead atoms. The maximum absolute atomic E-state index is 12.4. The van der Waals surface area contributed by atoms with Crippen molar-refractivity contribution in [2.45, 2.75) is 41.5 Å². The number of rotatable bonds is 9. The van der Waals surface area contributed by atoms with E-state index in [0.29, 0.717) is 83.4 Å². The van der Waals surface area contributed by atoms with Crippen LogP contribution in [0.3, 0.4) is 0 Å². The molecule has 0 aliphatic carbocycles. The summed E-state index contributed by atoms with van der Waals surface area (Å²) in [6, 6.07) is 50.4. The highest BCUT2D eigenvalue weighted by atomic mass is 79.9. The number of halogens is 1. The number of anilines is 1. The van der Waals surface area contributed by atoms with Gasteiger partial charge in [-0.15, -0.1) is 6.42 Å². The van der Waals surface area contributed by atoms with Crippen molar-refractivity contribution < 1.29 is 19.4 Å². The van der Waals surface area contributed by atoms with Crippen LogP contribution >= 0.6 is 15.9 Å². The zero-order chi connectivity index (χ0) is 63.1. The molecule has 0 saturated carbocycles. The molecule has 0 atom stereocenters. The number of carbonyl (C=O) groups excluding carboxylic acids is 2. The lowest BCUT2D eigenvalue weighted by atomic mass is 9.99. The van der Waals surface area contributed by atoms with Crippen LogP contribution in [0.15, 0.2) is 194 Å². The van der Waals surface area contributed by atoms with Gasteiger partial charge in [-0.05, 0) is 113 Å². The van der Waals surface area contributed by atoms with Gasteiger partial charge in [0.25, 0.3) is 22.2 Å². The zero-order valence-electron chi connectivity index (χ0n) is 48.3. The lowest BCUT2D eigenvalue weighted by molar-refractivity contribution is -0.382. The molecule has 12 aromatic rings. The maximum Gasteiger partial charge on any atom is 0.301 e. The second-order valence-electron chi connectivity index (χ2n) is 20.9. The Morgan fingerprint density at radius 3 is 1.14 bits per heavy atom. The number of aryl methyl sites for hydroxylation is 6. The summed E-state index contributed by atoms with van der Waals surface area (Å²) >= 11 is 3.32. The summed E-state index contributed by atoms with van der Waals surface area (Å²) in [6.07, 6.45) is 6.75. The molecule has 4 aromatic heterocycles. The Bertz CT molecular complexity index is 5050. The number of benzene rings is 8. The van der Waals surface area contributed by atoms with Gasteiger partial charge >= 0.3 is 11.4 Å². The maximum atomic E-state index is 12.4. The molecule has 4 heterocycles. The Hall–Kier alpha value is -11.4. The van der Waals surface area contributed by atoms with Gasteiger partial charge in [-0.1, -0.05) is 164 Å². The molecule has 0 spiro atoms. The number of fused-ring (bicyclic) bond motifs is 4. The fourth-order valence-corrected chi connectivity index (χ4v) is 10.4. The number of aromatic nitrogens is 4. The van der Waals surface area contributed by atoms with E-state index in [9.17, 15) is 49.0 Å². The highest BCUT2D eigenvalue weighted by Gasteiger charge is 2.24. The van der Waals surface area contributed by atoms with Crippen LogP contribution < -0.4 is 27.6 Å². The Labute approximate surface area is 510 Å². The topological polar surface area (TPSA) is 264 Å². The minimum Gasteiger partial charge on any atom is -0.326 e. The summed E-state index contributed by atoms with van der Waals surface area (Å²) in [7, 11) is 0. The van der Waals surface area contributed by atoms with E-state index < -0.39 is 9.85 Å². The van der Waals surface area contributed by atoms with Crippen LogP contribution in [-0.2, 0) is 4.79 Å². The predicted octanol–water partition coefficient (Wildman–Crippen LogP) is 14.6. The number of hydrogen-bond donors (Lipinski definition) is 5. The molecule has 436 valence electrons. The van der Waals surface area contributed by atoms with Crippen LogP contribution in [0, 0.1) is 74.1 Å². The first-order valence-electron chi connectivity index (χ1n) is 27.3. The van der Waals surface area contributed by atoms with E-state index in [-0.39, 0.29) is 45.0 Å². The monoisotopic (exact) mass is 1230 g/mol. The first-order chi connectivity index (χ1) is 42.2. The molecule has 0 radical (unpaired) electrons. The van der Waals surface area contributed by atoms with Crippen LogP contribution in [0.25, 0.3) is 88.1 Å². The Morgan fingerprint density at radius 2 is 0.739 bits per heavy atom. The highest BCUT2D eigenvalue weighted by Crippen LogP contribution is 2.36. The SMILES string of the molecule is C#Cc1ccc(-c2[nH]c(=O)c3cc(C)ccc3c2[N+](=O)[O-])cc1.Cc1ccc(-c2[nH]c(=O)c3cc(C)ccc3c2C=O)cc1.Cc1ccc(-c2[nH]c(=O)c3cc(C)ccc3c2NC=O)cc1.Cc1ccc2c([N+](=O)[O-])c(-c3ccc(Br)cc3)[nH]c(=O)c2c1. The molecular formula is C70H54BrN7O10. The van der Waals surface area contributed by atoms with Crippen molar-refractivity contribution in [3.8, 4) is 57.4 Å². The first kappa shape index (κ1) is 61.1. The molecule has 0 aliphatic rings. The van der Waals surface area contributed by atoms with Gasteiger partial charge in [0.2, 0.25) is 6.41 Å². The van der Waals surface area contributed by atoms with Crippen molar-refractivity contribution >= 4 is 88.8 Å². The van der Waals surface area contributed by atoms with Crippen molar-refractivity contribution in [2.24, 2.45) is 0 Å². The second kappa shape index (κ2) is 26.2. The zero-order valence-corrected chi connectivity index (χ0v) is 49.8. The molecule has 0 unspecified atom stereocenters. The number of pyridine rings is 4. The van der Waals surface area contributed by atoms with E-state index in [1.807, 2.05) is 120 Å². The second-order valence-corrected chi connectivity index (χ2v) is 21.8. The molecule has 0 aliphatic heterocycles. The smallest absolute Gasteiger partial charge is 0.301 e. The van der Waals surface area contributed by atoms with Crippen molar-refractivity contribution in [1.82, 2.24) is 19.9 Å². The first-order valence-corrected chi connectivity index (χ1v) is 28.1. The van der Waals surface area contributed by atoms with Crippen molar-refractivity contribution in [3.63, 3.8) is 0 Å². The van der Waals surface area contributed by atoms with Crippen LogP contribution in [0.5, 0.6) is 0 Å². The molecule has 12 rings (SSSR count). The summed E-state index contributed by atoms with van der Waals surface area (Å²) in [5.74, 6) is 2.48. The molecule has 5 N–H and O–H groups in total. The van der Waals surface area contributed by atoms with Gasteiger partial charge < -0.3 is 25.3 Å². The third-order valence-electron chi connectivity index (χ3n) is 14.5. The summed E-state index contributed by atoms with van der Waals surface area (Å²) in [6.45, 7) is 11.5. The van der Waals surface area contributed by atoms with Crippen molar-refractivity contribution in [1.29, 1.82) is 0 Å². The van der Waals surface area contributed by atoms with E-state index >= 15 is 0 Å². The third-order valence-corrected chi connectivity index (χ3v) is 15.1. The minimum atomic E-state index is -0.474. The van der Waals surface area contributed by atoms with Crippen LogP contribution in [0.1, 0.15) is 49.3 Å². The average molecular weight is 1230 g/mol. The Kier molecular flexibility index (Phi) is 18.2. The highest BCUT2D eigenvalue weighted by molar-refractivity contribution is 9.10. The fraction of sp³-hybridized carbons (Fsp3) is 0.0857. The van der Waals surface area contributed by atoms with Gasteiger partial charge in [0, 0.05) is 48.4 Å². The number of nitrogens with one attached hydrogen (secondary N) is 5. The van der Waals surface area contributed by atoms with Crippen molar-refractivity contribution in [2.75, 3.05) is 5.32 Å². The van der Waals surface area contributed by atoms with Gasteiger partial charge in [-0.2, -0.15) is 0 Å². The van der Waals surface area contributed by atoms with Gasteiger partial charge in [-0.25, -0.2) is 0 Å². The lowest BCUT2D eigenvalue weighted by Crippen LogP contribution is -2.11. The largest absolute Gasteiger partial charge is 0.326 e. The third kappa shape index (κ3) is 13.1. The molecule has 1 amide bonds. The molecule has 0 saturated heterocycles. The summed E-state index contributed by atoms with van der Waals surface area (Å²) in [5.41, 5.74) is 11.0. The van der Waals surface area contributed by atoms with Crippen molar-refractivity contribution in [3.05, 3.63) is 280 Å². The molecule has 88 heavy (non-hydrogen) atoms. The summed E-state index contributed by atoms with van der Waals surface area (Å²) in [4.78, 5) is 105. The summed E-state index contributed by atoms with van der Waals surface area (Å²) in [5, 5.41) is 29.7. The van der Waals surface area contributed by atoms with Crippen LogP contribution in [0.2, 0.25) is 0 Å². The lowest BCUT2D eigenvalue weighted by Gasteiger charge is -2.12.